The van der Waals surface area contributed by atoms with E-state index in [1.807, 2.05) is 7.05 Å². The number of rotatable bonds is 5. The van der Waals surface area contributed by atoms with Crippen LogP contribution in [-0.2, 0) is 12.8 Å². The zero-order valence-electron chi connectivity index (χ0n) is 10.5. The maximum Gasteiger partial charge on any atom is 0.0801 e. The summed E-state index contributed by atoms with van der Waals surface area (Å²) in [4.78, 5) is 1.25. The fourth-order valence-corrected chi connectivity index (χ4v) is 3.02. The average molecular weight is 326 g/mol. The van der Waals surface area contributed by atoms with Gasteiger partial charge in [0.2, 0.25) is 0 Å². The number of aryl methyl sites for hydroxylation is 1. The number of nitrogens with one attached hydrogen (secondary N) is 1. The molecule has 0 saturated carbocycles. The molecule has 1 atom stereocenters. The first-order chi connectivity index (χ1) is 8.74. The van der Waals surface area contributed by atoms with Crippen molar-refractivity contribution < 1.29 is 0 Å². The van der Waals surface area contributed by atoms with Gasteiger partial charge in [0.25, 0.3) is 0 Å². The van der Waals surface area contributed by atoms with Gasteiger partial charge in [-0.3, -0.25) is 0 Å². The maximum absolute atomic E-state index is 4.18. The molecule has 1 aromatic heterocycles. The van der Waals surface area contributed by atoms with Gasteiger partial charge in [-0.1, -0.05) is 39.5 Å². The van der Waals surface area contributed by atoms with E-state index in [9.17, 15) is 0 Å². The first-order valence-corrected chi connectivity index (χ1v) is 7.54. The van der Waals surface area contributed by atoms with Crippen molar-refractivity contribution in [3.8, 4) is 0 Å². The van der Waals surface area contributed by atoms with E-state index in [4.69, 9.17) is 0 Å². The lowest BCUT2D eigenvalue weighted by Crippen LogP contribution is -2.19. The van der Waals surface area contributed by atoms with Crippen LogP contribution < -0.4 is 5.32 Å². The van der Waals surface area contributed by atoms with E-state index >= 15 is 0 Å². The SMILES string of the molecule is CCc1nnsc1C(Cc1ccc(Br)cc1)NC. The number of nitrogens with zero attached hydrogens (tertiary/aromatic N) is 2. The van der Waals surface area contributed by atoms with Gasteiger partial charge in [0, 0.05) is 10.5 Å². The van der Waals surface area contributed by atoms with Crippen LogP contribution in [-0.4, -0.2) is 16.6 Å². The predicted octanol–water partition coefficient (Wildman–Crippen LogP) is 3.37. The average Bonchev–Trinajstić information content (AvgIpc) is 2.86. The van der Waals surface area contributed by atoms with E-state index < -0.39 is 0 Å². The van der Waals surface area contributed by atoms with E-state index in [0.717, 1.165) is 23.0 Å². The Morgan fingerprint density at radius 1 is 1.33 bits per heavy atom. The minimum absolute atomic E-state index is 0.293. The van der Waals surface area contributed by atoms with E-state index in [1.54, 1.807) is 0 Å². The number of hydrogen-bond donors (Lipinski definition) is 1. The second-order valence-electron chi connectivity index (χ2n) is 4.11. The van der Waals surface area contributed by atoms with Crippen molar-refractivity contribution in [3.05, 3.63) is 44.9 Å². The standard InChI is InChI=1S/C13H16BrN3S/c1-3-11-13(18-17-16-11)12(15-2)8-9-4-6-10(14)7-5-9/h4-7,12,15H,3,8H2,1-2H3. The summed E-state index contributed by atoms with van der Waals surface area (Å²) in [5.41, 5.74) is 2.42. The number of likely N-dealkylation sites (N-methyl/N-ethyl adjacent to an activating group) is 1. The smallest absolute Gasteiger partial charge is 0.0801 e. The predicted molar refractivity (Wildman–Crippen MR) is 78.9 cm³/mol. The van der Waals surface area contributed by atoms with Crippen LogP contribution in [0.2, 0.25) is 0 Å². The molecule has 2 rings (SSSR count). The first-order valence-electron chi connectivity index (χ1n) is 5.97. The molecule has 0 spiro atoms. The summed E-state index contributed by atoms with van der Waals surface area (Å²) in [6.45, 7) is 2.12. The summed E-state index contributed by atoms with van der Waals surface area (Å²) in [6, 6.07) is 8.74. The molecule has 1 N–H and O–H groups in total. The van der Waals surface area contributed by atoms with Crippen molar-refractivity contribution in [2.24, 2.45) is 0 Å². The number of aromatic nitrogens is 2. The number of hydrogen-bond acceptors (Lipinski definition) is 4. The van der Waals surface area contributed by atoms with E-state index in [1.165, 1.54) is 22.0 Å². The summed E-state index contributed by atoms with van der Waals surface area (Å²) >= 11 is 4.95. The van der Waals surface area contributed by atoms with Gasteiger partial charge in [-0.05, 0) is 49.1 Å². The van der Waals surface area contributed by atoms with Gasteiger partial charge in [0.05, 0.1) is 10.6 Å². The van der Waals surface area contributed by atoms with Crippen LogP contribution in [0.5, 0.6) is 0 Å². The minimum atomic E-state index is 0.293. The second kappa shape index (κ2) is 6.41. The Labute approximate surface area is 120 Å². The van der Waals surface area contributed by atoms with Crippen LogP contribution in [0.1, 0.15) is 29.1 Å². The van der Waals surface area contributed by atoms with Gasteiger partial charge in [0.15, 0.2) is 0 Å². The zero-order valence-corrected chi connectivity index (χ0v) is 12.9. The summed E-state index contributed by atoms with van der Waals surface area (Å²) in [6.07, 6.45) is 1.89. The summed E-state index contributed by atoms with van der Waals surface area (Å²) in [7, 11) is 1.99. The molecule has 3 nitrogen and oxygen atoms in total. The molecular weight excluding hydrogens is 310 g/mol. The second-order valence-corrected chi connectivity index (χ2v) is 5.81. The molecule has 0 aliphatic heterocycles. The quantitative estimate of drug-likeness (QED) is 0.915. The van der Waals surface area contributed by atoms with Crippen molar-refractivity contribution >= 4 is 27.5 Å². The van der Waals surface area contributed by atoms with Crippen molar-refractivity contribution in [1.82, 2.24) is 14.9 Å². The topological polar surface area (TPSA) is 37.8 Å². The summed E-state index contributed by atoms with van der Waals surface area (Å²) < 4.78 is 5.17. The van der Waals surface area contributed by atoms with Gasteiger partial charge >= 0.3 is 0 Å². The molecule has 5 heteroatoms. The van der Waals surface area contributed by atoms with E-state index in [-0.39, 0.29) is 0 Å². The molecule has 1 aromatic carbocycles. The molecule has 0 aliphatic rings. The third-order valence-electron chi connectivity index (χ3n) is 2.94. The highest BCUT2D eigenvalue weighted by atomic mass is 79.9. The largest absolute Gasteiger partial charge is 0.312 e. The van der Waals surface area contributed by atoms with Crippen LogP contribution in [0.15, 0.2) is 28.7 Å². The molecule has 2 aromatic rings. The van der Waals surface area contributed by atoms with Gasteiger partial charge in [-0.25, -0.2) is 0 Å². The molecule has 18 heavy (non-hydrogen) atoms. The summed E-state index contributed by atoms with van der Waals surface area (Å²) in [5, 5.41) is 7.54. The lowest BCUT2D eigenvalue weighted by molar-refractivity contribution is 0.595. The Morgan fingerprint density at radius 3 is 2.67 bits per heavy atom. The Bertz CT molecular complexity index is 495. The Balaban J connectivity index is 2.17. The van der Waals surface area contributed by atoms with Crippen LogP contribution in [0.25, 0.3) is 0 Å². The molecule has 0 bridgehead atoms. The van der Waals surface area contributed by atoms with Crippen LogP contribution >= 0.6 is 27.5 Å². The third-order valence-corrected chi connectivity index (χ3v) is 4.35. The lowest BCUT2D eigenvalue weighted by atomic mass is 10.0. The monoisotopic (exact) mass is 325 g/mol. The molecule has 1 heterocycles. The fourth-order valence-electron chi connectivity index (χ4n) is 1.91. The first kappa shape index (κ1) is 13.6. The van der Waals surface area contributed by atoms with Crippen LogP contribution in [0.4, 0.5) is 0 Å². The van der Waals surface area contributed by atoms with Gasteiger partial charge in [-0.15, -0.1) is 5.10 Å². The number of benzene rings is 1. The molecule has 96 valence electrons. The highest BCUT2D eigenvalue weighted by Gasteiger charge is 2.17. The fraction of sp³-hybridized carbons (Fsp3) is 0.385. The molecule has 0 saturated heterocycles. The highest BCUT2D eigenvalue weighted by Crippen LogP contribution is 2.24. The van der Waals surface area contributed by atoms with Crippen molar-refractivity contribution in [1.29, 1.82) is 0 Å². The van der Waals surface area contributed by atoms with Crippen LogP contribution in [0.3, 0.4) is 0 Å². The number of halogens is 1. The van der Waals surface area contributed by atoms with Crippen molar-refractivity contribution in [2.75, 3.05) is 7.05 Å². The summed E-state index contributed by atoms with van der Waals surface area (Å²) in [5.74, 6) is 0. The van der Waals surface area contributed by atoms with E-state index in [0.29, 0.717) is 6.04 Å². The molecule has 0 aliphatic carbocycles. The molecule has 1 unspecified atom stereocenters. The molecule has 0 fully saturated rings. The van der Waals surface area contributed by atoms with Gasteiger partial charge < -0.3 is 5.32 Å². The Morgan fingerprint density at radius 2 is 2.06 bits per heavy atom. The van der Waals surface area contributed by atoms with Crippen molar-refractivity contribution in [2.45, 2.75) is 25.8 Å². The van der Waals surface area contributed by atoms with Crippen LogP contribution in [0, 0.1) is 0 Å². The third kappa shape index (κ3) is 3.16. The van der Waals surface area contributed by atoms with E-state index in [2.05, 4.69) is 62.0 Å². The van der Waals surface area contributed by atoms with Crippen molar-refractivity contribution in [3.63, 3.8) is 0 Å². The normalized spacial score (nSPS) is 12.6. The van der Waals surface area contributed by atoms with Gasteiger partial charge in [-0.2, -0.15) is 0 Å². The molecule has 0 amide bonds. The Kier molecular flexibility index (Phi) is 4.86. The lowest BCUT2D eigenvalue weighted by Gasteiger charge is -2.15. The zero-order chi connectivity index (χ0) is 13.0. The van der Waals surface area contributed by atoms with Gasteiger partial charge in [0.1, 0.15) is 0 Å². The molecule has 0 radical (unpaired) electrons. The molecular formula is C13H16BrN3S. The minimum Gasteiger partial charge on any atom is -0.312 e. The Hall–Kier alpha value is -0.780. The maximum atomic E-state index is 4.18. The highest BCUT2D eigenvalue weighted by molar-refractivity contribution is 9.10.